The number of carbonyl (C=O) groups excluding carboxylic acids is 1. The third-order valence-electron chi connectivity index (χ3n) is 4.76. The SMILES string of the molecule is CCCCCCCOCCOCCOCCOCCOCCOCCOc1ccc(C=O)cc1. The van der Waals surface area contributed by atoms with Gasteiger partial charge in [-0.05, 0) is 30.7 Å². The average Bonchev–Trinajstić information content (AvgIpc) is 2.87. The lowest BCUT2D eigenvalue weighted by atomic mass is 10.2. The van der Waals surface area contributed by atoms with Gasteiger partial charge in [0, 0.05) is 12.2 Å². The van der Waals surface area contributed by atoms with E-state index in [0.29, 0.717) is 90.6 Å². The zero-order valence-electron chi connectivity index (χ0n) is 20.9. The minimum Gasteiger partial charge on any atom is -0.491 e. The summed E-state index contributed by atoms with van der Waals surface area (Å²) in [6, 6.07) is 6.96. The van der Waals surface area contributed by atoms with Gasteiger partial charge in [-0.3, -0.25) is 4.79 Å². The van der Waals surface area contributed by atoms with Crippen LogP contribution < -0.4 is 4.74 Å². The maximum absolute atomic E-state index is 10.6. The Bertz CT molecular complexity index is 552. The summed E-state index contributed by atoms with van der Waals surface area (Å²) in [6.07, 6.45) is 7.09. The largest absolute Gasteiger partial charge is 0.491 e. The van der Waals surface area contributed by atoms with Crippen LogP contribution in [0, 0.1) is 0 Å². The maximum atomic E-state index is 10.6. The molecule has 8 heteroatoms. The molecule has 0 aliphatic carbocycles. The summed E-state index contributed by atoms with van der Waals surface area (Å²) >= 11 is 0. The quantitative estimate of drug-likeness (QED) is 0.144. The Balaban J connectivity index is 1.68. The molecule has 0 aliphatic heterocycles. The van der Waals surface area contributed by atoms with Crippen molar-refractivity contribution >= 4 is 6.29 Å². The van der Waals surface area contributed by atoms with Crippen LogP contribution in [-0.2, 0) is 28.4 Å². The van der Waals surface area contributed by atoms with Gasteiger partial charge in [-0.2, -0.15) is 0 Å². The Morgan fingerprint density at radius 1 is 0.529 bits per heavy atom. The van der Waals surface area contributed by atoms with Crippen LogP contribution in [0.2, 0.25) is 0 Å². The van der Waals surface area contributed by atoms with Crippen LogP contribution in [0.4, 0.5) is 0 Å². The molecule has 1 rings (SSSR count). The number of ether oxygens (including phenoxy) is 7. The van der Waals surface area contributed by atoms with Crippen LogP contribution >= 0.6 is 0 Å². The van der Waals surface area contributed by atoms with Gasteiger partial charge in [0.1, 0.15) is 18.6 Å². The Morgan fingerprint density at radius 2 is 0.941 bits per heavy atom. The van der Waals surface area contributed by atoms with Crippen LogP contribution in [0.5, 0.6) is 5.75 Å². The van der Waals surface area contributed by atoms with Crippen LogP contribution in [0.25, 0.3) is 0 Å². The number of hydrogen-bond donors (Lipinski definition) is 0. The Labute approximate surface area is 205 Å². The van der Waals surface area contributed by atoms with Gasteiger partial charge in [0.2, 0.25) is 0 Å². The van der Waals surface area contributed by atoms with E-state index in [4.69, 9.17) is 33.2 Å². The van der Waals surface area contributed by atoms with Crippen molar-refractivity contribution in [1.82, 2.24) is 0 Å². The molecule has 196 valence electrons. The second-order valence-electron chi connectivity index (χ2n) is 7.62. The van der Waals surface area contributed by atoms with E-state index in [1.54, 1.807) is 24.3 Å². The molecule has 0 bridgehead atoms. The third-order valence-corrected chi connectivity index (χ3v) is 4.76. The van der Waals surface area contributed by atoms with E-state index in [9.17, 15) is 4.79 Å². The highest BCUT2D eigenvalue weighted by atomic mass is 16.6. The molecule has 0 spiro atoms. The molecule has 0 atom stereocenters. The highest BCUT2D eigenvalue weighted by Crippen LogP contribution is 2.10. The molecule has 0 radical (unpaired) electrons. The van der Waals surface area contributed by atoms with Gasteiger partial charge < -0.3 is 33.2 Å². The first-order valence-corrected chi connectivity index (χ1v) is 12.5. The monoisotopic (exact) mass is 484 g/mol. The molecule has 8 nitrogen and oxygen atoms in total. The molecule has 1 aromatic carbocycles. The molecule has 0 aliphatic rings. The van der Waals surface area contributed by atoms with Crippen molar-refractivity contribution in [1.29, 1.82) is 0 Å². The number of unbranched alkanes of at least 4 members (excludes halogenated alkanes) is 4. The molecule has 0 aromatic heterocycles. The lowest BCUT2D eigenvalue weighted by molar-refractivity contribution is -0.0179. The van der Waals surface area contributed by atoms with Crippen molar-refractivity contribution in [3.63, 3.8) is 0 Å². The third kappa shape index (κ3) is 19.9. The average molecular weight is 485 g/mol. The topological polar surface area (TPSA) is 81.7 Å². The van der Waals surface area contributed by atoms with Gasteiger partial charge in [-0.25, -0.2) is 0 Å². The molecule has 0 unspecified atom stereocenters. The highest BCUT2D eigenvalue weighted by Gasteiger charge is 1.97. The van der Waals surface area contributed by atoms with E-state index in [0.717, 1.165) is 19.3 Å². The zero-order valence-corrected chi connectivity index (χ0v) is 20.9. The van der Waals surface area contributed by atoms with E-state index >= 15 is 0 Å². The van der Waals surface area contributed by atoms with Gasteiger partial charge in [-0.1, -0.05) is 32.6 Å². The number of aldehydes is 1. The Kier molecular flexibility index (Phi) is 22.0. The second kappa shape index (κ2) is 24.6. The first kappa shape index (κ1) is 30.5. The standard InChI is InChI=1S/C26H44O8/c1-2-3-4-5-6-11-28-12-13-29-14-15-30-16-17-31-18-19-32-20-21-33-22-23-34-26-9-7-25(24-27)8-10-26/h7-10,24H,2-6,11-23H2,1H3. The molecule has 0 saturated carbocycles. The molecular weight excluding hydrogens is 440 g/mol. The number of hydrogen-bond acceptors (Lipinski definition) is 8. The van der Waals surface area contributed by atoms with Crippen molar-refractivity contribution < 1.29 is 38.0 Å². The van der Waals surface area contributed by atoms with Gasteiger partial charge >= 0.3 is 0 Å². The predicted molar refractivity (Wildman–Crippen MR) is 131 cm³/mol. The Morgan fingerprint density at radius 3 is 1.38 bits per heavy atom. The molecular formula is C26H44O8. The van der Waals surface area contributed by atoms with Gasteiger partial charge in [0.15, 0.2) is 0 Å². The first-order valence-electron chi connectivity index (χ1n) is 12.5. The second-order valence-corrected chi connectivity index (χ2v) is 7.62. The molecule has 34 heavy (non-hydrogen) atoms. The van der Waals surface area contributed by atoms with Gasteiger partial charge in [0.05, 0.1) is 72.7 Å². The number of carbonyl (C=O) groups is 1. The van der Waals surface area contributed by atoms with Gasteiger partial charge in [-0.15, -0.1) is 0 Å². The van der Waals surface area contributed by atoms with Crippen molar-refractivity contribution in [3.05, 3.63) is 29.8 Å². The van der Waals surface area contributed by atoms with Gasteiger partial charge in [0.25, 0.3) is 0 Å². The van der Waals surface area contributed by atoms with Crippen LogP contribution in [0.15, 0.2) is 24.3 Å². The van der Waals surface area contributed by atoms with Crippen LogP contribution in [0.1, 0.15) is 49.4 Å². The molecule has 0 amide bonds. The minimum absolute atomic E-state index is 0.446. The van der Waals surface area contributed by atoms with E-state index in [1.807, 2.05) is 0 Å². The summed E-state index contributed by atoms with van der Waals surface area (Å²) < 4.78 is 38.4. The predicted octanol–water partition coefficient (Wildman–Crippen LogP) is 3.95. The number of rotatable bonds is 26. The van der Waals surface area contributed by atoms with E-state index in [-0.39, 0.29) is 0 Å². The summed E-state index contributed by atoms with van der Waals surface area (Å²) in [5.74, 6) is 0.715. The fourth-order valence-corrected chi connectivity index (χ4v) is 2.87. The first-order chi connectivity index (χ1) is 16.9. The Hall–Kier alpha value is -1.55. The fraction of sp³-hybridized carbons (Fsp3) is 0.731. The number of benzene rings is 1. The summed E-state index contributed by atoms with van der Waals surface area (Å²) in [6.45, 7) is 9.48. The summed E-state index contributed by atoms with van der Waals surface area (Å²) in [7, 11) is 0. The molecule has 0 N–H and O–H groups in total. The maximum Gasteiger partial charge on any atom is 0.150 e. The highest BCUT2D eigenvalue weighted by molar-refractivity contribution is 5.74. The molecule has 0 saturated heterocycles. The lowest BCUT2D eigenvalue weighted by Gasteiger charge is -2.09. The normalized spacial score (nSPS) is 11.1. The summed E-state index contributed by atoms with van der Waals surface area (Å²) in [5.41, 5.74) is 0.627. The van der Waals surface area contributed by atoms with Crippen LogP contribution in [-0.4, -0.2) is 92.2 Å². The van der Waals surface area contributed by atoms with E-state index in [1.165, 1.54) is 25.7 Å². The minimum atomic E-state index is 0.446. The van der Waals surface area contributed by atoms with Crippen molar-refractivity contribution in [2.75, 3.05) is 85.9 Å². The fourth-order valence-electron chi connectivity index (χ4n) is 2.87. The van der Waals surface area contributed by atoms with E-state index < -0.39 is 0 Å². The summed E-state index contributed by atoms with van der Waals surface area (Å²) in [4.78, 5) is 10.6. The molecule has 1 aromatic rings. The van der Waals surface area contributed by atoms with Crippen LogP contribution in [0.3, 0.4) is 0 Å². The van der Waals surface area contributed by atoms with E-state index in [2.05, 4.69) is 6.92 Å². The molecule has 0 heterocycles. The van der Waals surface area contributed by atoms with Crippen molar-refractivity contribution in [3.8, 4) is 5.75 Å². The zero-order chi connectivity index (χ0) is 24.4. The van der Waals surface area contributed by atoms with Crippen molar-refractivity contribution in [2.24, 2.45) is 0 Å². The molecule has 0 fully saturated rings. The summed E-state index contributed by atoms with van der Waals surface area (Å²) in [5, 5.41) is 0. The smallest absolute Gasteiger partial charge is 0.150 e. The lowest BCUT2D eigenvalue weighted by Crippen LogP contribution is -2.14. The van der Waals surface area contributed by atoms with Crippen molar-refractivity contribution in [2.45, 2.75) is 39.0 Å².